The van der Waals surface area contributed by atoms with Crippen LogP contribution in [0.5, 0.6) is 0 Å². The van der Waals surface area contributed by atoms with Crippen LogP contribution in [0.25, 0.3) is 0 Å². The number of carbonyl (C=O) groups is 2. The number of carboxylic acids is 1. The van der Waals surface area contributed by atoms with Gasteiger partial charge in [-0.15, -0.1) is 0 Å². The Morgan fingerprint density at radius 2 is 1.95 bits per heavy atom. The van der Waals surface area contributed by atoms with Gasteiger partial charge in [-0.05, 0) is 37.4 Å². The third-order valence-electron chi connectivity index (χ3n) is 4.65. The van der Waals surface area contributed by atoms with Gasteiger partial charge in [0, 0.05) is 17.8 Å². The number of nitrogens with one attached hydrogen (secondary N) is 2. The Balaban J connectivity index is 1.73. The molecule has 0 heterocycles. The highest BCUT2D eigenvalue weighted by molar-refractivity contribution is 7.99. The molecule has 120 valence electrons. The van der Waals surface area contributed by atoms with Crippen molar-refractivity contribution in [2.24, 2.45) is 11.8 Å². The van der Waals surface area contributed by atoms with Gasteiger partial charge in [-0.3, -0.25) is 4.79 Å². The van der Waals surface area contributed by atoms with Crippen LogP contribution in [0.1, 0.15) is 45.4 Å². The van der Waals surface area contributed by atoms with E-state index in [0.717, 1.165) is 31.4 Å². The number of aliphatic carboxylic acids is 1. The Labute approximate surface area is 130 Å². The van der Waals surface area contributed by atoms with E-state index in [1.54, 1.807) is 0 Å². The fourth-order valence-electron chi connectivity index (χ4n) is 3.55. The molecular weight excluding hydrogens is 288 g/mol. The predicted octanol–water partition coefficient (Wildman–Crippen LogP) is 2.46. The molecule has 0 aromatic heterocycles. The van der Waals surface area contributed by atoms with E-state index < -0.39 is 5.97 Å². The monoisotopic (exact) mass is 314 g/mol. The van der Waals surface area contributed by atoms with Crippen molar-refractivity contribution < 1.29 is 14.7 Å². The molecule has 2 fully saturated rings. The van der Waals surface area contributed by atoms with Crippen LogP contribution >= 0.6 is 11.8 Å². The maximum atomic E-state index is 12.0. The molecule has 0 aliphatic heterocycles. The third-order valence-corrected chi connectivity index (χ3v) is 5.98. The molecule has 3 N–H and O–H groups in total. The summed E-state index contributed by atoms with van der Waals surface area (Å²) in [6.45, 7) is 2.62. The summed E-state index contributed by atoms with van der Waals surface area (Å²) in [6.07, 6.45) is 5.98. The van der Waals surface area contributed by atoms with Crippen LogP contribution in [0.4, 0.5) is 4.79 Å². The average Bonchev–Trinajstić information content (AvgIpc) is 3.06. The molecule has 0 spiro atoms. The van der Waals surface area contributed by atoms with Crippen molar-refractivity contribution in [1.82, 2.24) is 10.6 Å². The van der Waals surface area contributed by atoms with E-state index in [9.17, 15) is 9.59 Å². The summed E-state index contributed by atoms with van der Waals surface area (Å²) in [5, 5.41) is 15.6. The lowest BCUT2D eigenvalue weighted by atomic mass is 9.96. The van der Waals surface area contributed by atoms with Crippen LogP contribution in [0.2, 0.25) is 0 Å². The summed E-state index contributed by atoms with van der Waals surface area (Å²) in [7, 11) is 0. The molecular formula is C15H26N2O3S. The molecule has 4 unspecified atom stereocenters. The number of carboxylic acid groups (broad SMARTS) is 1. The summed E-state index contributed by atoms with van der Waals surface area (Å²) in [6, 6.07) is 0.119. The first-order valence-corrected chi connectivity index (χ1v) is 9.05. The zero-order chi connectivity index (χ0) is 15.2. The molecule has 2 amide bonds. The molecule has 0 saturated heterocycles. The lowest BCUT2D eigenvalue weighted by Crippen LogP contribution is -2.46. The molecule has 6 heteroatoms. The predicted molar refractivity (Wildman–Crippen MR) is 84.6 cm³/mol. The number of urea groups is 1. The molecule has 0 bridgehead atoms. The van der Waals surface area contributed by atoms with Crippen LogP contribution in [-0.2, 0) is 4.79 Å². The maximum Gasteiger partial charge on any atom is 0.315 e. The van der Waals surface area contributed by atoms with Crippen LogP contribution in [-0.4, -0.2) is 40.7 Å². The van der Waals surface area contributed by atoms with Gasteiger partial charge < -0.3 is 15.7 Å². The topological polar surface area (TPSA) is 78.4 Å². The normalized spacial score (nSPS) is 32.0. The summed E-state index contributed by atoms with van der Waals surface area (Å²) in [5.41, 5.74) is 0. The van der Waals surface area contributed by atoms with Gasteiger partial charge in [0.2, 0.25) is 0 Å². The second kappa shape index (κ2) is 7.92. The molecule has 5 nitrogen and oxygen atoms in total. The highest BCUT2D eigenvalue weighted by Gasteiger charge is 2.33. The van der Waals surface area contributed by atoms with Crippen molar-refractivity contribution in [3.8, 4) is 0 Å². The van der Waals surface area contributed by atoms with Gasteiger partial charge in [-0.2, -0.15) is 11.8 Å². The van der Waals surface area contributed by atoms with E-state index in [0.29, 0.717) is 11.8 Å². The lowest BCUT2D eigenvalue weighted by Gasteiger charge is -2.22. The standard InChI is InChI=1S/C15H26N2O3S/c1-2-21-13-8-4-7-12(13)17-15(20)16-9-10-5-3-6-11(10)14(18)19/h10-13H,2-9H2,1H3,(H,18,19)(H2,16,17,20). The molecule has 0 radical (unpaired) electrons. The van der Waals surface area contributed by atoms with Gasteiger partial charge in [0.05, 0.1) is 5.92 Å². The molecule has 2 aliphatic rings. The van der Waals surface area contributed by atoms with Crippen molar-refractivity contribution >= 4 is 23.8 Å². The van der Waals surface area contributed by atoms with Crippen molar-refractivity contribution in [3.05, 3.63) is 0 Å². The number of amides is 2. The molecule has 0 aromatic rings. The molecule has 21 heavy (non-hydrogen) atoms. The van der Waals surface area contributed by atoms with Gasteiger partial charge >= 0.3 is 12.0 Å². The lowest BCUT2D eigenvalue weighted by molar-refractivity contribution is -0.142. The summed E-state index contributed by atoms with van der Waals surface area (Å²) >= 11 is 1.92. The fraction of sp³-hybridized carbons (Fsp3) is 0.867. The van der Waals surface area contributed by atoms with Gasteiger partial charge in [-0.1, -0.05) is 19.8 Å². The van der Waals surface area contributed by atoms with Gasteiger partial charge in [0.25, 0.3) is 0 Å². The van der Waals surface area contributed by atoms with E-state index in [-0.39, 0.29) is 23.9 Å². The summed E-state index contributed by atoms with van der Waals surface area (Å²) in [5.74, 6) is 0.139. The number of thioether (sulfide) groups is 1. The zero-order valence-electron chi connectivity index (χ0n) is 12.6. The van der Waals surface area contributed by atoms with Gasteiger partial charge in [0.1, 0.15) is 0 Å². The number of hydrogen-bond donors (Lipinski definition) is 3. The van der Waals surface area contributed by atoms with Gasteiger partial charge in [0.15, 0.2) is 0 Å². The third kappa shape index (κ3) is 4.53. The molecule has 2 aliphatic carbocycles. The first kappa shape index (κ1) is 16.5. The van der Waals surface area contributed by atoms with E-state index in [4.69, 9.17) is 5.11 Å². The summed E-state index contributed by atoms with van der Waals surface area (Å²) in [4.78, 5) is 23.1. The minimum absolute atomic E-state index is 0.0811. The number of carbonyl (C=O) groups excluding carboxylic acids is 1. The second-order valence-electron chi connectivity index (χ2n) is 6.02. The Morgan fingerprint density at radius 3 is 2.67 bits per heavy atom. The Kier molecular flexibility index (Phi) is 6.21. The highest BCUT2D eigenvalue weighted by atomic mass is 32.2. The number of rotatable bonds is 6. The van der Waals surface area contributed by atoms with Gasteiger partial charge in [-0.25, -0.2) is 4.79 Å². The first-order valence-electron chi connectivity index (χ1n) is 8.00. The number of hydrogen-bond acceptors (Lipinski definition) is 3. The van der Waals surface area contributed by atoms with E-state index in [1.165, 1.54) is 12.8 Å². The molecule has 2 rings (SSSR count). The SMILES string of the molecule is CCSC1CCCC1NC(=O)NCC1CCCC1C(=O)O. The van der Waals surface area contributed by atoms with Crippen LogP contribution in [0, 0.1) is 11.8 Å². The Hall–Kier alpha value is -0.910. The quantitative estimate of drug-likeness (QED) is 0.704. The van der Waals surface area contributed by atoms with E-state index >= 15 is 0 Å². The molecule has 2 saturated carbocycles. The minimum Gasteiger partial charge on any atom is -0.481 e. The van der Waals surface area contributed by atoms with Crippen molar-refractivity contribution in [3.63, 3.8) is 0 Å². The maximum absolute atomic E-state index is 12.0. The fourth-order valence-corrected chi connectivity index (χ4v) is 4.75. The molecule has 4 atom stereocenters. The van der Waals surface area contributed by atoms with Crippen molar-refractivity contribution in [1.29, 1.82) is 0 Å². The smallest absolute Gasteiger partial charge is 0.315 e. The van der Waals surface area contributed by atoms with Crippen molar-refractivity contribution in [2.75, 3.05) is 12.3 Å². The average molecular weight is 314 g/mol. The van der Waals surface area contributed by atoms with E-state index in [2.05, 4.69) is 17.6 Å². The highest BCUT2D eigenvalue weighted by Crippen LogP contribution is 2.31. The Bertz CT molecular complexity index is 378. The summed E-state index contributed by atoms with van der Waals surface area (Å²) < 4.78 is 0. The van der Waals surface area contributed by atoms with Crippen LogP contribution < -0.4 is 10.6 Å². The minimum atomic E-state index is -0.727. The molecule has 0 aromatic carbocycles. The van der Waals surface area contributed by atoms with E-state index in [1.807, 2.05) is 11.8 Å². The zero-order valence-corrected chi connectivity index (χ0v) is 13.5. The van der Waals surface area contributed by atoms with Crippen molar-refractivity contribution in [2.45, 2.75) is 56.7 Å². The first-order chi connectivity index (χ1) is 10.1. The van der Waals surface area contributed by atoms with Crippen LogP contribution in [0.15, 0.2) is 0 Å². The largest absolute Gasteiger partial charge is 0.481 e. The van der Waals surface area contributed by atoms with Crippen LogP contribution in [0.3, 0.4) is 0 Å². The Morgan fingerprint density at radius 1 is 1.19 bits per heavy atom. The second-order valence-corrected chi connectivity index (χ2v) is 7.54.